The molecule has 0 bridgehead atoms. The molecule has 0 aliphatic heterocycles. The summed E-state index contributed by atoms with van der Waals surface area (Å²) in [4.78, 5) is 32.3. The van der Waals surface area contributed by atoms with Crippen LogP contribution in [0, 0.1) is 0 Å². The van der Waals surface area contributed by atoms with Gasteiger partial charge in [-0.05, 0) is 12.8 Å². The molecule has 0 heterocycles. The summed E-state index contributed by atoms with van der Waals surface area (Å²) in [5.41, 5.74) is 5.24. The Bertz CT molecular complexity index is 280. The van der Waals surface area contributed by atoms with Gasteiger partial charge >= 0.3 is 11.9 Å². The van der Waals surface area contributed by atoms with Crippen molar-refractivity contribution in [2.45, 2.75) is 31.7 Å². The molecular formula is C10H18N2O5. The molecule has 7 nitrogen and oxygen atoms in total. The summed E-state index contributed by atoms with van der Waals surface area (Å²) in [6, 6.07) is -1.02. The molecule has 0 aromatic heterocycles. The molecule has 17 heavy (non-hydrogen) atoms. The Morgan fingerprint density at radius 2 is 2.00 bits per heavy atom. The number of rotatable bonds is 8. The van der Waals surface area contributed by atoms with Gasteiger partial charge < -0.3 is 20.9 Å². The van der Waals surface area contributed by atoms with Crippen LogP contribution in [0.3, 0.4) is 0 Å². The van der Waals surface area contributed by atoms with Crippen LogP contribution in [0.15, 0.2) is 0 Å². The van der Waals surface area contributed by atoms with Crippen LogP contribution in [0.1, 0.15) is 25.7 Å². The van der Waals surface area contributed by atoms with Crippen molar-refractivity contribution in [3.63, 3.8) is 0 Å². The normalized spacial score (nSPS) is 11.6. The largest absolute Gasteiger partial charge is 0.480 e. The highest BCUT2D eigenvalue weighted by atomic mass is 16.5. The standard InChI is InChI=1S/C10H18N2O5/c1-17-9(14)3-2-6-12-8(13)5-4-7(11)10(15)16/h7H,2-6,11H2,1H3,(H,12,13)(H,15,16)/t7-/m0/s1. The van der Waals surface area contributed by atoms with E-state index in [0.717, 1.165) is 0 Å². The predicted molar refractivity (Wildman–Crippen MR) is 59.1 cm³/mol. The molecule has 1 amide bonds. The van der Waals surface area contributed by atoms with Crippen LogP contribution in [-0.4, -0.2) is 42.6 Å². The van der Waals surface area contributed by atoms with Crippen LogP contribution >= 0.6 is 0 Å². The third kappa shape index (κ3) is 8.21. The summed E-state index contributed by atoms with van der Waals surface area (Å²) < 4.78 is 4.43. The number of carboxylic acids is 1. The maximum atomic E-state index is 11.2. The Morgan fingerprint density at radius 3 is 2.53 bits per heavy atom. The number of esters is 1. The fourth-order valence-electron chi connectivity index (χ4n) is 1.06. The number of aliphatic carboxylic acids is 1. The molecule has 0 aliphatic rings. The van der Waals surface area contributed by atoms with Crippen molar-refractivity contribution < 1.29 is 24.2 Å². The Hall–Kier alpha value is -1.63. The fourth-order valence-corrected chi connectivity index (χ4v) is 1.06. The maximum absolute atomic E-state index is 11.2. The monoisotopic (exact) mass is 246 g/mol. The molecule has 1 atom stereocenters. The van der Waals surface area contributed by atoms with E-state index in [1.54, 1.807) is 0 Å². The van der Waals surface area contributed by atoms with Gasteiger partial charge in [0.15, 0.2) is 0 Å². The fraction of sp³-hybridized carbons (Fsp3) is 0.700. The molecule has 4 N–H and O–H groups in total. The van der Waals surface area contributed by atoms with E-state index >= 15 is 0 Å². The molecule has 0 spiro atoms. The Labute approximate surface area is 99.3 Å². The van der Waals surface area contributed by atoms with Gasteiger partial charge in [0.1, 0.15) is 6.04 Å². The number of ether oxygens (including phenoxy) is 1. The number of nitrogens with one attached hydrogen (secondary N) is 1. The second-order valence-corrected chi connectivity index (χ2v) is 3.51. The van der Waals surface area contributed by atoms with Crippen LogP contribution < -0.4 is 11.1 Å². The van der Waals surface area contributed by atoms with Crippen LogP contribution in [-0.2, 0) is 19.1 Å². The number of carboxylic acid groups (broad SMARTS) is 1. The molecule has 0 unspecified atom stereocenters. The first-order valence-electron chi connectivity index (χ1n) is 5.29. The van der Waals surface area contributed by atoms with E-state index in [4.69, 9.17) is 10.8 Å². The second-order valence-electron chi connectivity index (χ2n) is 3.51. The number of amides is 1. The van der Waals surface area contributed by atoms with E-state index < -0.39 is 12.0 Å². The summed E-state index contributed by atoms with van der Waals surface area (Å²) in [6.45, 7) is 0.357. The number of hydrogen-bond donors (Lipinski definition) is 3. The van der Waals surface area contributed by atoms with E-state index in [9.17, 15) is 14.4 Å². The molecule has 0 aliphatic carbocycles. The van der Waals surface area contributed by atoms with Gasteiger partial charge in [0.25, 0.3) is 0 Å². The van der Waals surface area contributed by atoms with Crippen LogP contribution in [0.2, 0.25) is 0 Å². The summed E-state index contributed by atoms with van der Waals surface area (Å²) in [5.74, 6) is -1.72. The highest BCUT2D eigenvalue weighted by Gasteiger charge is 2.13. The minimum Gasteiger partial charge on any atom is -0.480 e. The first-order valence-corrected chi connectivity index (χ1v) is 5.29. The van der Waals surface area contributed by atoms with Crippen LogP contribution in [0.25, 0.3) is 0 Å². The van der Waals surface area contributed by atoms with Crippen molar-refractivity contribution in [3.8, 4) is 0 Å². The van der Waals surface area contributed by atoms with Crippen LogP contribution in [0.4, 0.5) is 0 Å². The number of carbonyl (C=O) groups excluding carboxylic acids is 2. The lowest BCUT2D eigenvalue weighted by atomic mass is 10.1. The molecule has 0 saturated carbocycles. The summed E-state index contributed by atoms with van der Waals surface area (Å²) in [7, 11) is 1.30. The number of nitrogens with two attached hydrogens (primary N) is 1. The first-order chi connectivity index (χ1) is 7.97. The Morgan fingerprint density at radius 1 is 1.35 bits per heavy atom. The lowest BCUT2D eigenvalue weighted by molar-refractivity contribution is -0.141. The lowest BCUT2D eigenvalue weighted by Gasteiger charge is -2.07. The quantitative estimate of drug-likeness (QED) is 0.383. The van der Waals surface area contributed by atoms with Gasteiger partial charge in [-0.2, -0.15) is 0 Å². The molecule has 98 valence electrons. The summed E-state index contributed by atoms with van der Waals surface area (Å²) in [5, 5.41) is 11.1. The van der Waals surface area contributed by atoms with E-state index in [1.165, 1.54) is 7.11 Å². The zero-order valence-corrected chi connectivity index (χ0v) is 9.77. The molecule has 0 aromatic carbocycles. The zero-order valence-electron chi connectivity index (χ0n) is 9.77. The molecule has 0 radical (unpaired) electrons. The van der Waals surface area contributed by atoms with Crippen molar-refractivity contribution in [2.75, 3.05) is 13.7 Å². The topological polar surface area (TPSA) is 119 Å². The van der Waals surface area contributed by atoms with Crippen molar-refractivity contribution in [1.82, 2.24) is 5.32 Å². The van der Waals surface area contributed by atoms with Gasteiger partial charge in [-0.25, -0.2) is 0 Å². The van der Waals surface area contributed by atoms with E-state index in [2.05, 4.69) is 10.1 Å². The number of methoxy groups -OCH3 is 1. The average molecular weight is 246 g/mol. The van der Waals surface area contributed by atoms with E-state index in [0.29, 0.717) is 13.0 Å². The third-order valence-electron chi connectivity index (χ3n) is 2.11. The number of carbonyl (C=O) groups is 3. The van der Waals surface area contributed by atoms with Gasteiger partial charge in [0.05, 0.1) is 7.11 Å². The lowest BCUT2D eigenvalue weighted by Crippen LogP contribution is -2.33. The van der Waals surface area contributed by atoms with Crippen molar-refractivity contribution >= 4 is 17.8 Å². The minimum absolute atomic E-state index is 0.0612. The summed E-state index contributed by atoms with van der Waals surface area (Å²) >= 11 is 0. The molecule has 0 saturated heterocycles. The minimum atomic E-state index is -1.12. The first kappa shape index (κ1) is 15.4. The molecule has 0 fully saturated rings. The predicted octanol–water partition coefficient (Wildman–Crippen LogP) is -0.752. The van der Waals surface area contributed by atoms with Crippen molar-refractivity contribution in [2.24, 2.45) is 5.73 Å². The van der Waals surface area contributed by atoms with E-state index in [-0.39, 0.29) is 31.1 Å². The average Bonchev–Trinajstić information content (AvgIpc) is 2.30. The van der Waals surface area contributed by atoms with Gasteiger partial charge in [0.2, 0.25) is 5.91 Å². The Kier molecular flexibility index (Phi) is 7.70. The number of hydrogen-bond acceptors (Lipinski definition) is 5. The van der Waals surface area contributed by atoms with Gasteiger partial charge in [-0.1, -0.05) is 0 Å². The maximum Gasteiger partial charge on any atom is 0.320 e. The zero-order chi connectivity index (χ0) is 13.3. The smallest absolute Gasteiger partial charge is 0.320 e. The molecule has 0 aromatic rings. The highest BCUT2D eigenvalue weighted by Crippen LogP contribution is 1.95. The van der Waals surface area contributed by atoms with Gasteiger partial charge in [0, 0.05) is 19.4 Å². The van der Waals surface area contributed by atoms with Gasteiger partial charge in [-0.15, -0.1) is 0 Å². The third-order valence-corrected chi connectivity index (χ3v) is 2.11. The SMILES string of the molecule is COC(=O)CCCNC(=O)CC[C@H](N)C(=O)O. The molecule has 0 rings (SSSR count). The van der Waals surface area contributed by atoms with Gasteiger partial charge in [-0.3, -0.25) is 14.4 Å². The van der Waals surface area contributed by atoms with E-state index in [1.807, 2.05) is 0 Å². The Balaban J connectivity index is 3.53. The van der Waals surface area contributed by atoms with Crippen molar-refractivity contribution in [3.05, 3.63) is 0 Å². The van der Waals surface area contributed by atoms with Crippen molar-refractivity contribution in [1.29, 1.82) is 0 Å². The highest BCUT2D eigenvalue weighted by molar-refractivity contribution is 5.78. The molecular weight excluding hydrogens is 228 g/mol. The van der Waals surface area contributed by atoms with Crippen LogP contribution in [0.5, 0.6) is 0 Å². The second kappa shape index (κ2) is 8.51. The summed E-state index contributed by atoms with van der Waals surface area (Å²) in [6.07, 6.45) is 0.888. The molecule has 7 heteroatoms.